The first-order chi connectivity index (χ1) is 10.1. The number of aromatic amines is 1. The van der Waals surface area contributed by atoms with Crippen molar-refractivity contribution in [2.45, 2.75) is 12.8 Å². The van der Waals surface area contributed by atoms with Gasteiger partial charge in [-0.25, -0.2) is 0 Å². The Bertz CT molecular complexity index is 559. The first-order valence-electron chi connectivity index (χ1n) is 7.19. The third kappa shape index (κ3) is 4.02. The number of ether oxygens (including phenoxy) is 2. The van der Waals surface area contributed by atoms with E-state index in [0.29, 0.717) is 0 Å². The molecule has 1 N–H and O–H groups in total. The maximum Gasteiger partial charge on any atom is 0.194 e. The van der Waals surface area contributed by atoms with Crippen LogP contribution < -0.4 is 9.47 Å². The smallest absolute Gasteiger partial charge is 0.194 e. The number of methoxy groups -OCH3 is 2. The fourth-order valence-corrected chi connectivity index (χ4v) is 2.36. The fraction of sp³-hybridized carbons (Fsp3) is 0.412. The van der Waals surface area contributed by atoms with Gasteiger partial charge in [-0.3, -0.25) is 0 Å². The van der Waals surface area contributed by atoms with E-state index in [2.05, 4.69) is 30.0 Å². The normalized spacial score (nSPS) is 10.9. The number of nitrogens with zero attached hydrogens (tertiary/aromatic N) is 1. The lowest BCUT2D eigenvalue weighted by Gasteiger charge is -2.08. The van der Waals surface area contributed by atoms with Gasteiger partial charge in [0.2, 0.25) is 0 Å². The summed E-state index contributed by atoms with van der Waals surface area (Å²) in [6.07, 6.45) is 2.12. The topological polar surface area (TPSA) is 37.5 Å². The summed E-state index contributed by atoms with van der Waals surface area (Å²) in [5.74, 6) is 1.73. The van der Waals surface area contributed by atoms with Crippen LogP contribution in [0.1, 0.15) is 12.0 Å². The van der Waals surface area contributed by atoms with Crippen LogP contribution in [0.25, 0.3) is 11.3 Å². The summed E-state index contributed by atoms with van der Waals surface area (Å²) in [7, 11) is 7.57. The van der Waals surface area contributed by atoms with Crippen molar-refractivity contribution in [3.8, 4) is 22.9 Å². The average Bonchev–Trinajstić information content (AvgIpc) is 2.90. The van der Waals surface area contributed by atoms with Crippen molar-refractivity contribution in [2.75, 3.05) is 34.9 Å². The summed E-state index contributed by atoms with van der Waals surface area (Å²) in [5.41, 5.74) is 3.44. The highest BCUT2D eigenvalue weighted by Crippen LogP contribution is 2.28. The molecule has 4 nitrogen and oxygen atoms in total. The van der Waals surface area contributed by atoms with Gasteiger partial charge in [-0.15, -0.1) is 0 Å². The lowest BCUT2D eigenvalue weighted by Crippen LogP contribution is -2.13. The molecule has 0 amide bonds. The van der Waals surface area contributed by atoms with Gasteiger partial charge in [0.1, 0.15) is 5.75 Å². The van der Waals surface area contributed by atoms with Gasteiger partial charge >= 0.3 is 0 Å². The molecule has 4 heteroatoms. The highest BCUT2D eigenvalue weighted by Gasteiger charge is 2.10. The molecule has 0 aliphatic carbocycles. The molecule has 1 heterocycles. The van der Waals surface area contributed by atoms with Crippen molar-refractivity contribution in [3.05, 3.63) is 35.9 Å². The van der Waals surface area contributed by atoms with Crippen LogP contribution in [0.4, 0.5) is 0 Å². The number of hydrogen-bond acceptors (Lipinski definition) is 3. The molecule has 0 bridgehead atoms. The molecule has 2 aromatic rings. The number of benzene rings is 1. The largest absolute Gasteiger partial charge is 0.497 e. The van der Waals surface area contributed by atoms with Gasteiger partial charge in [-0.1, -0.05) is 0 Å². The van der Waals surface area contributed by atoms with Crippen molar-refractivity contribution in [1.82, 2.24) is 9.88 Å². The highest BCUT2D eigenvalue weighted by atomic mass is 16.5. The van der Waals surface area contributed by atoms with Crippen molar-refractivity contribution >= 4 is 0 Å². The zero-order valence-electron chi connectivity index (χ0n) is 13.3. The van der Waals surface area contributed by atoms with Gasteiger partial charge < -0.3 is 19.4 Å². The second kappa shape index (κ2) is 7.18. The molecule has 0 radical (unpaired) electrons. The molecule has 2 rings (SSSR count). The van der Waals surface area contributed by atoms with E-state index in [4.69, 9.17) is 9.47 Å². The van der Waals surface area contributed by atoms with E-state index in [1.165, 1.54) is 5.56 Å². The quantitative estimate of drug-likeness (QED) is 0.850. The zero-order valence-corrected chi connectivity index (χ0v) is 13.3. The number of H-pyrrole nitrogens is 1. The molecule has 0 fully saturated rings. The number of hydrogen-bond donors (Lipinski definition) is 1. The standard InChI is InChI=1S/C17H24N2O2/c1-19(2)11-5-6-14-12-16(18-17(14)21-4)13-7-9-15(20-3)10-8-13/h7-10,12,18H,5-6,11H2,1-4H3. The molecule has 1 aromatic carbocycles. The first kappa shape index (κ1) is 15.4. The van der Waals surface area contributed by atoms with Crippen LogP contribution in [0, 0.1) is 0 Å². The minimum absolute atomic E-state index is 0.861. The molecular weight excluding hydrogens is 264 g/mol. The van der Waals surface area contributed by atoms with Gasteiger partial charge in [-0.05, 0) is 69.4 Å². The summed E-state index contributed by atoms with van der Waals surface area (Å²) >= 11 is 0. The summed E-state index contributed by atoms with van der Waals surface area (Å²) in [4.78, 5) is 5.54. The summed E-state index contributed by atoms with van der Waals surface area (Å²) < 4.78 is 10.6. The summed E-state index contributed by atoms with van der Waals surface area (Å²) in [6.45, 7) is 1.08. The molecular formula is C17H24N2O2. The number of nitrogens with one attached hydrogen (secondary N) is 1. The molecule has 0 saturated heterocycles. The van der Waals surface area contributed by atoms with Gasteiger partial charge in [-0.2, -0.15) is 0 Å². The molecule has 0 saturated carbocycles. The van der Waals surface area contributed by atoms with E-state index in [1.54, 1.807) is 14.2 Å². The Labute approximate surface area is 126 Å². The van der Waals surface area contributed by atoms with Gasteiger partial charge in [0.15, 0.2) is 5.88 Å². The summed E-state index contributed by atoms with van der Waals surface area (Å²) in [6, 6.07) is 10.2. The molecule has 0 aliphatic rings. The van der Waals surface area contributed by atoms with Crippen molar-refractivity contribution < 1.29 is 9.47 Å². The maximum atomic E-state index is 5.46. The van der Waals surface area contributed by atoms with Crippen LogP contribution in [0.2, 0.25) is 0 Å². The Morgan fingerprint density at radius 2 is 1.76 bits per heavy atom. The molecule has 1 aromatic heterocycles. The predicted octanol–water partition coefficient (Wildman–Crippen LogP) is 3.19. The minimum atomic E-state index is 0.861. The lowest BCUT2D eigenvalue weighted by atomic mass is 10.1. The van der Waals surface area contributed by atoms with Crippen LogP contribution in [-0.2, 0) is 6.42 Å². The second-order valence-corrected chi connectivity index (χ2v) is 5.38. The van der Waals surface area contributed by atoms with E-state index in [9.17, 15) is 0 Å². The van der Waals surface area contributed by atoms with E-state index >= 15 is 0 Å². The molecule has 114 valence electrons. The van der Waals surface area contributed by atoms with E-state index in [0.717, 1.165) is 42.3 Å². The molecule has 0 atom stereocenters. The lowest BCUT2D eigenvalue weighted by molar-refractivity contribution is 0.385. The Morgan fingerprint density at radius 1 is 1.05 bits per heavy atom. The van der Waals surface area contributed by atoms with Crippen molar-refractivity contribution in [3.63, 3.8) is 0 Å². The monoisotopic (exact) mass is 288 g/mol. The molecule has 0 unspecified atom stereocenters. The SMILES string of the molecule is COc1ccc(-c2cc(CCCN(C)C)c(OC)[nH]2)cc1. The summed E-state index contributed by atoms with van der Waals surface area (Å²) in [5, 5.41) is 0. The third-order valence-corrected chi connectivity index (χ3v) is 3.52. The van der Waals surface area contributed by atoms with E-state index in [1.807, 2.05) is 24.3 Å². The first-order valence-corrected chi connectivity index (χ1v) is 7.19. The Balaban J connectivity index is 2.14. The van der Waals surface area contributed by atoms with Crippen molar-refractivity contribution in [1.29, 1.82) is 0 Å². The Kier molecular flexibility index (Phi) is 5.28. The van der Waals surface area contributed by atoms with Crippen LogP contribution >= 0.6 is 0 Å². The second-order valence-electron chi connectivity index (χ2n) is 5.38. The van der Waals surface area contributed by atoms with E-state index in [-0.39, 0.29) is 0 Å². The van der Waals surface area contributed by atoms with Crippen molar-refractivity contribution in [2.24, 2.45) is 0 Å². The number of aryl methyl sites for hydroxylation is 1. The Hall–Kier alpha value is -1.94. The third-order valence-electron chi connectivity index (χ3n) is 3.52. The van der Waals surface area contributed by atoms with Crippen LogP contribution in [0.5, 0.6) is 11.6 Å². The molecule has 0 aliphatic heterocycles. The van der Waals surface area contributed by atoms with Gasteiger partial charge in [0, 0.05) is 11.3 Å². The Morgan fingerprint density at radius 3 is 2.33 bits per heavy atom. The average molecular weight is 288 g/mol. The highest BCUT2D eigenvalue weighted by molar-refractivity contribution is 5.63. The van der Waals surface area contributed by atoms with Gasteiger partial charge in [0.05, 0.1) is 14.2 Å². The van der Waals surface area contributed by atoms with Gasteiger partial charge in [0.25, 0.3) is 0 Å². The number of rotatable bonds is 7. The predicted molar refractivity (Wildman–Crippen MR) is 86.2 cm³/mol. The van der Waals surface area contributed by atoms with Crippen LogP contribution in [-0.4, -0.2) is 44.7 Å². The van der Waals surface area contributed by atoms with Crippen LogP contribution in [0.15, 0.2) is 30.3 Å². The maximum absolute atomic E-state index is 5.46. The minimum Gasteiger partial charge on any atom is -0.497 e. The molecule has 21 heavy (non-hydrogen) atoms. The van der Waals surface area contributed by atoms with Crippen LogP contribution in [0.3, 0.4) is 0 Å². The number of aromatic nitrogens is 1. The fourth-order valence-electron chi connectivity index (χ4n) is 2.36. The zero-order chi connectivity index (χ0) is 15.2. The van der Waals surface area contributed by atoms with E-state index < -0.39 is 0 Å². The molecule has 0 spiro atoms.